The molecule has 6 nitrogen and oxygen atoms in total. The molecular weight excluding hydrogens is 464 g/mol. The SMILES string of the molecule is NCCOc1ccc(/C=C/C(=O)CC(=O)/C=C/c2ccc(OCCN)c3ccccc23)c2ccccc12. The largest absolute Gasteiger partial charge is 0.492 e. The summed E-state index contributed by atoms with van der Waals surface area (Å²) in [5.41, 5.74) is 12.9. The van der Waals surface area contributed by atoms with Crippen molar-refractivity contribution in [3.05, 3.63) is 96.1 Å². The van der Waals surface area contributed by atoms with Gasteiger partial charge < -0.3 is 20.9 Å². The molecule has 6 heteroatoms. The number of hydrogen-bond acceptors (Lipinski definition) is 6. The summed E-state index contributed by atoms with van der Waals surface area (Å²) in [6, 6.07) is 23.1. The highest BCUT2D eigenvalue weighted by Gasteiger charge is 2.09. The van der Waals surface area contributed by atoms with Gasteiger partial charge in [0, 0.05) is 23.9 Å². The Labute approximate surface area is 216 Å². The number of ketones is 2. The fourth-order valence-corrected chi connectivity index (χ4v) is 4.12. The average molecular weight is 495 g/mol. The molecule has 0 aromatic heterocycles. The maximum absolute atomic E-state index is 12.5. The zero-order chi connectivity index (χ0) is 26.0. The van der Waals surface area contributed by atoms with E-state index < -0.39 is 0 Å². The van der Waals surface area contributed by atoms with Crippen molar-refractivity contribution in [3.8, 4) is 11.5 Å². The van der Waals surface area contributed by atoms with Crippen molar-refractivity contribution in [2.75, 3.05) is 26.3 Å². The molecule has 0 spiro atoms. The minimum atomic E-state index is -0.266. The van der Waals surface area contributed by atoms with Crippen LogP contribution in [0.25, 0.3) is 33.7 Å². The van der Waals surface area contributed by atoms with Crippen molar-refractivity contribution in [1.82, 2.24) is 0 Å². The number of carbonyl (C=O) groups excluding carboxylic acids is 2. The van der Waals surface area contributed by atoms with Gasteiger partial charge in [0.2, 0.25) is 0 Å². The van der Waals surface area contributed by atoms with Gasteiger partial charge in [0.15, 0.2) is 11.6 Å². The molecule has 0 saturated carbocycles. The molecule has 0 saturated heterocycles. The van der Waals surface area contributed by atoms with Gasteiger partial charge in [-0.05, 0) is 46.2 Å². The molecule has 0 heterocycles. The van der Waals surface area contributed by atoms with E-state index in [1.807, 2.05) is 72.8 Å². The van der Waals surface area contributed by atoms with Gasteiger partial charge in [-0.15, -0.1) is 0 Å². The molecule has 188 valence electrons. The number of hydrogen-bond donors (Lipinski definition) is 2. The Hall–Kier alpha value is -4.26. The summed E-state index contributed by atoms with van der Waals surface area (Å²) in [6.07, 6.45) is 6.17. The van der Waals surface area contributed by atoms with Crippen LogP contribution in [0.4, 0.5) is 0 Å². The smallest absolute Gasteiger partial charge is 0.163 e. The van der Waals surface area contributed by atoms with Crippen LogP contribution >= 0.6 is 0 Å². The molecule has 4 aromatic rings. The van der Waals surface area contributed by atoms with Crippen LogP contribution < -0.4 is 20.9 Å². The van der Waals surface area contributed by atoms with Gasteiger partial charge in [-0.25, -0.2) is 0 Å². The topological polar surface area (TPSA) is 105 Å². The summed E-state index contributed by atoms with van der Waals surface area (Å²) in [5.74, 6) is 0.961. The number of fused-ring (bicyclic) bond motifs is 2. The van der Waals surface area contributed by atoms with Gasteiger partial charge >= 0.3 is 0 Å². The second-order valence-corrected chi connectivity index (χ2v) is 8.45. The Balaban J connectivity index is 1.45. The van der Waals surface area contributed by atoms with E-state index in [0.29, 0.717) is 26.3 Å². The lowest BCUT2D eigenvalue weighted by atomic mass is 10.0. The first-order chi connectivity index (χ1) is 18.1. The van der Waals surface area contributed by atoms with Gasteiger partial charge in [-0.1, -0.05) is 72.8 Å². The third kappa shape index (κ3) is 6.50. The Morgan fingerprint density at radius 2 is 1.00 bits per heavy atom. The van der Waals surface area contributed by atoms with Crippen LogP contribution in [0.1, 0.15) is 17.5 Å². The molecule has 0 radical (unpaired) electrons. The van der Waals surface area contributed by atoms with Crippen molar-refractivity contribution in [1.29, 1.82) is 0 Å². The van der Waals surface area contributed by atoms with Gasteiger partial charge in [-0.3, -0.25) is 9.59 Å². The Morgan fingerprint density at radius 1 is 0.595 bits per heavy atom. The Morgan fingerprint density at radius 3 is 1.41 bits per heavy atom. The molecule has 0 atom stereocenters. The van der Waals surface area contributed by atoms with Gasteiger partial charge in [0.1, 0.15) is 24.7 Å². The zero-order valence-corrected chi connectivity index (χ0v) is 20.6. The summed E-state index contributed by atoms with van der Waals surface area (Å²) in [6.45, 7) is 1.71. The summed E-state index contributed by atoms with van der Waals surface area (Å²) in [4.78, 5) is 25.1. The molecule has 0 aliphatic heterocycles. The molecule has 0 amide bonds. The van der Waals surface area contributed by atoms with Crippen molar-refractivity contribution >= 4 is 45.3 Å². The molecule has 4 N–H and O–H groups in total. The summed E-state index contributed by atoms with van der Waals surface area (Å²) in [7, 11) is 0. The molecule has 0 bridgehead atoms. The van der Waals surface area contributed by atoms with E-state index in [1.54, 1.807) is 12.2 Å². The number of rotatable bonds is 12. The van der Waals surface area contributed by atoms with E-state index in [2.05, 4.69) is 0 Å². The molecule has 0 aliphatic carbocycles. The van der Waals surface area contributed by atoms with Crippen LogP contribution in [0, 0.1) is 0 Å². The van der Waals surface area contributed by atoms with Crippen molar-refractivity contribution in [2.45, 2.75) is 6.42 Å². The molecule has 37 heavy (non-hydrogen) atoms. The van der Waals surface area contributed by atoms with Crippen molar-refractivity contribution in [3.63, 3.8) is 0 Å². The highest BCUT2D eigenvalue weighted by molar-refractivity contribution is 6.12. The lowest BCUT2D eigenvalue weighted by Gasteiger charge is -2.10. The van der Waals surface area contributed by atoms with Crippen LogP contribution in [0.3, 0.4) is 0 Å². The summed E-state index contributed by atoms with van der Waals surface area (Å²) >= 11 is 0. The third-order valence-electron chi connectivity index (χ3n) is 5.83. The van der Waals surface area contributed by atoms with Gasteiger partial charge in [0.05, 0.1) is 6.42 Å². The normalized spacial score (nSPS) is 11.5. The highest BCUT2D eigenvalue weighted by Crippen LogP contribution is 2.30. The maximum atomic E-state index is 12.5. The minimum absolute atomic E-state index is 0.210. The average Bonchev–Trinajstić information content (AvgIpc) is 2.93. The summed E-state index contributed by atoms with van der Waals surface area (Å²) < 4.78 is 11.5. The van der Waals surface area contributed by atoms with Crippen LogP contribution in [-0.4, -0.2) is 37.9 Å². The van der Waals surface area contributed by atoms with Crippen molar-refractivity contribution in [2.24, 2.45) is 11.5 Å². The first-order valence-corrected chi connectivity index (χ1v) is 12.2. The number of ether oxygens (including phenoxy) is 2. The lowest BCUT2D eigenvalue weighted by Crippen LogP contribution is -2.10. The number of benzene rings is 4. The van der Waals surface area contributed by atoms with Crippen LogP contribution in [0.5, 0.6) is 11.5 Å². The van der Waals surface area contributed by atoms with Gasteiger partial charge in [0.25, 0.3) is 0 Å². The van der Waals surface area contributed by atoms with E-state index in [9.17, 15) is 9.59 Å². The number of allylic oxidation sites excluding steroid dienone is 2. The third-order valence-corrected chi connectivity index (χ3v) is 5.83. The first kappa shape index (κ1) is 25.8. The van der Waals surface area contributed by atoms with E-state index in [-0.39, 0.29) is 18.0 Å². The fourth-order valence-electron chi connectivity index (χ4n) is 4.12. The number of carbonyl (C=O) groups is 2. The van der Waals surface area contributed by atoms with Crippen LogP contribution in [0.15, 0.2) is 84.9 Å². The first-order valence-electron chi connectivity index (χ1n) is 12.2. The van der Waals surface area contributed by atoms with E-state index >= 15 is 0 Å². The van der Waals surface area contributed by atoms with E-state index in [4.69, 9.17) is 20.9 Å². The zero-order valence-electron chi connectivity index (χ0n) is 20.6. The monoisotopic (exact) mass is 494 g/mol. The highest BCUT2D eigenvalue weighted by atomic mass is 16.5. The molecular formula is C31H30N2O4. The Bertz CT molecular complexity index is 1360. The molecule has 0 unspecified atom stereocenters. The van der Waals surface area contributed by atoms with Crippen LogP contribution in [-0.2, 0) is 9.59 Å². The standard InChI is InChI=1S/C31H30N2O4/c32-17-19-36-30-15-11-22(26-5-1-3-7-28(26)30)9-13-24(34)21-25(35)14-10-23-12-16-31(37-20-18-33)29-8-4-2-6-27(23)29/h1-16H,17-21,32-33H2/b13-9+,14-10+. The lowest BCUT2D eigenvalue weighted by molar-refractivity contribution is -0.121. The molecule has 4 rings (SSSR count). The Kier molecular flexibility index (Phi) is 8.81. The van der Waals surface area contributed by atoms with Crippen molar-refractivity contribution < 1.29 is 19.1 Å². The summed E-state index contributed by atoms with van der Waals surface area (Å²) in [5, 5.41) is 3.79. The second-order valence-electron chi connectivity index (χ2n) is 8.45. The minimum Gasteiger partial charge on any atom is -0.492 e. The van der Waals surface area contributed by atoms with E-state index in [0.717, 1.165) is 44.2 Å². The fraction of sp³-hybridized carbons (Fsp3) is 0.161. The predicted octanol–water partition coefficient (Wildman–Crippen LogP) is 4.92. The van der Waals surface area contributed by atoms with Crippen LogP contribution in [0.2, 0.25) is 0 Å². The molecule has 4 aromatic carbocycles. The quantitative estimate of drug-likeness (QED) is 0.214. The molecule has 0 fully saturated rings. The number of nitrogens with two attached hydrogens (primary N) is 2. The second kappa shape index (κ2) is 12.6. The predicted molar refractivity (Wildman–Crippen MR) is 150 cm³/mol. The van der Waals surface area contributed by atoms with Gasteiger partial charge in [-0.2, -0.15) is 0 Å². The molecule has 0 aliphatic rings. The van der Waals surface area contributed by atoms with E-state index in [1.165, 1.54) is 12.2 Å². The maximum Gasteiger partial charge on any atom is 0.163 e.